The van der Waals surface area contributed by atoms with E-state index in [-0.39, 0.29) is 17.7 Å². The Morgan fingerprint density at radius 1 is 1.00 bits per heavy atom. The first-order valence-corrected chi connectivity index (χ1v) is 12.8. The Kier molecular flexibility index (Phi) is 9.45. The second kappa shape index (κ2) is 12.6. The third-order valence-corrected chi connectivity index (χ3v) is 5.71. The zero-order chi connectivity index (χ0) is 28.6. The molecule has 0 fully saturated rings. The molecule has 1 atom stereocenters. The highest BCUT2D eigenvalue weighted by Crippen LogP contribution is 2.31. The Labute approximate surface area is 229 Å². The van der Waals surface area contributed by atoms with Gasteiger partial charge in [0.1, 0.15) is 17.9 Å². The molecule has 39 heavy (non-hydrogen) atoms. The van der Waals surface area contributed by atoms with Gasteiger partial charge in [-0.15, -0.1) is 0 Å². The Balaban J connectivity index is 1.85. The van der Waals surface area contributed by atoms with Gasteiger partial charge in [-0.2, -0.15) is 0 Å². The molecule has 2 aromatic heterocycles. The molecule has 0 aliphatic heterocycles. The summed E-state index contributed by atoms with van der Waals surface area (Å²) in [4.78, 5) is 48.9. The van der Waals surface area contributed by atoms with Crippen LogP contribution in [0.1, 0.15) is 75.6 Å². The van der Waals surface area contributed by atoms with Gasteiger partial charge in [0.25, 0.3) is 5.91 Å². The maximum atomic E-state index is 13.7. The fourth-order valence-corrected chi connectivity index (χ4v) is 3.80. The molecule has 1 unspecified atom stereocenters. The number of aromatic nitrogens is 2. The second-order valence-electron chi connectivity index (χ2n) is 11.1. The van der Waals surface area contributed by atoms with E-state index in [2.05, 4.69) is 41.4 Å². The number of amides is 3. The minimum atomic E-state index is -1.04. The van der Waals surface area contributed by atoms with Gasteiger partial charge < -0.3 is 19.8 Å². The van der Waals surface area contributed by atoms with Crippen LogP contribution in [0, 0.1) is 0 Å². The van der Waals surface area contributed by atoms with Gasteiger partial charge in [-0.1, -0.05) is 39.0 Å². The van der Waals surface area contributed by atoms with E-state index in [1.54, 1.807) is 45.3 Å². The number of rotatable bonds is 9. The van der Waals surface area contributed by atoms with Crippen LogP contribution in [-0.4, -0.2) is 46.6 Å². The minimum absolute atomic E-state index is 0.0677. The van der Waals surface area contributed by atoms with Gasteiger partial charge >= 0.3 is 6.09 Å². The number of alkyl carbamates (subject to hydrolysis) is 1. The summed E-state index contributed by atoms with van der Waals surface area (Å²) in [6.07, 6.45) is 5.51. The van der Waals surface area contributed by atoms with E-state index in [1.807, 2.05) is 24.3 Å². The Hall–Kier alpha value is -4.21. The van der Waals surface area contributed by atoms with Crippen molar-refractivity contribution in [1.82, 2.24) is 20.6 Å². The van der Waals surface area contributed by atoms with Gasteiger partial charge in [-0.3, -0.25) is 19.5 Å². The highest BCUT2D eigenvalue weighted by molar-refractivity contribution is 6.09. The summed E-state index contributed by atoms with van der Waals surface area (Å²) >= 11 is 0. The molecule has 1 aromatic carbocycles. The van der Waals surface area contributed by atoms with Gasteiger partial charge in [0.05, 0.1) is 0 Å². The second-order valence-corrected chi connectivity index (χ2v) is 11.1. The fourth-order valence-electron chi connectivity index (χ4n) is 3.80. The molecular weight excluding hydrogens is 498 g/mol. The largest absolute Gasteiger partial charge is 0.451 e. The van der Waals surface area contributed by atoms with Crippen molar-refractivity contribution in [1.29, 1.82) is 0 Å². The van der Waals surface area contributed by atoms with E-state index in [1.165, 1.54) is 17.6 Å². The number of carbonyl (C=O) groups excluding carboxylic acids is 3. The molecule has 3 rings (SSSR count). The monoisotopic (exact) mass is 535 g/mol. The summed E-state index contributed by atoms with van der Waals surface area (Å²) in [7, 11) is 0. The van der Waals surface area contributed by atoms with Crippen LogP contribution in [0.25, 0.3) is 0 Å². The minimum Gasteiger partial charge on any atom is -0.451 e. The van der Waals surface area contributed by atoms with E-state index in [4.69, 9.17) is 9.15 Å². The lowest BCUT2D eigenvalue weighted by molar-refractivity contribution is -0.122. The van der Waals surface area contributed by atoms with Crippen LogP contribution in [0.3, 0.4) is 0 Å². The summed E-state index contributed by atoms with van der Waals surface area (Å²) in [5, 5.41) is 5.56. The molecule has 0 radical (unpaired) electrons. The van der Waals surface area contributed by atoms with E-state index >= 15 is 0 Å². The van der Waals surface area contributed by atoms with Gasteiger partial charge in [0.2, 0.25) is 5.91 Å². The molecule has 2 N–H and O–H groups in total. The molecule has 0 aliphatic carbocycles. The Morgan fingerprint density at radius 2 is 1.69 bits per heavy atom. The molecule has 0 aliphatic rings. The lowest BCUT2D eigenvalue weighted by Gasteiger charge is -2.31. The molecule has 10 heteroatoms. The number of anilines is 1. The van der Waals surface area contributed by atoms with Crippen LogP contribution >= 0.6 is 0 Å². The number of benzene rings is 1. The number of hydrogen-bond acceptors (Lipinski definition) is 7. The fraction of sp³-hybridized carbons (Fsp3) is 0.414. The molecule has 10 nitrogen and oxygen atoms in total. The van der Waals surface area contributed by atoms with E-state index in [0.717, 1.165) is 5.56 Å². The van der Waals surface area contributed by atoms with Crippen LogP contribution in [0.2, 0.25) is 0 Å². The quantitative estimate of drug-likeness (QED) is 0.377. The summed E-state index contributed by atoms with van der Waals surface area (Å²) in [6, 6.07) is 9.94. The Bertz CT molecular complexity index is 1230. The topological polar surface area (TPSA) is 127 Å². The zero-order valence-corrected chi connectivity index (χ0v) is 23.4. The highest BCUT2D eigenvalue weighted by Gasteiger charge is 2.34. The van der Waals surface area contributed by atoms with E-state index in [9.17, 15) is 14.4 Å². The standard InChI is InChI=1S/C29H37N5O5/c1-28(2,3)21-10-12-22(13-11-21)34(26(36)23-18-38-19-33-23)24(20-9-7-14-30-17-20)25(35)31-15-8-16-32-27(37)39-29(4,5)6/h7,9-14,17-19,24H,8,15-16H2,1-6H3,(H,31,35)(H,32,37). The van der Waals surface area contributed by atoms with Gasteiger partial charge in [-0.05, 0) is 56.4 Å². The van der Waals surface area contributed by atoms with Crippen molar-refractivity contribution in [2.45, 2.75) is 65.0 Å². The van der Waals surface area contributed by atoms with Crippen molar-refractivity contribution in [3.8, 4) is 0 Å². The smallest absolute Gasteiger partial charge is 0.407 e. The van der Waals surface area contributed by atoms with E-state index < -0.39 is 29.6 Å². The molecular formula is C29H37N5O5. The van der Waals surface area contributed by atoms with Crippen LogP contribution in [0.15, 0.2) is 65.9 Å². The Morgan fingerprint density at radius 3 is 2.26 bits per heavy atom. The number of nitrogens with zero attached hydrogens (tertiary/aromatic N) is 3. The van der Waals surface area contributed by atoms with Crippen LogP contribution in [0.5, 0.6) is 0 Å². The van der Waals surface area contributed by atoms with Gasteiger partial charge in [0.15, 0.2) is 12.1 Å². The molecule has 3 amide bonds. The van der Waals surface area contributed by atoms with Crippen molar-refractivity contribution < 1.29 is 23.5 Å². The van der Waals surface area contributed by atoms with Crippen molar-refractivity contribution in [2.75, 3.05) is 18.0 Å². The number of oxazole rings is 1. The van der Waals surface area contributed by atoms with Gasteiger partial charge in [-0.25, -0.2) is 9.78 Å². The zero-order valence-electron chi connectivity index (χ0n) is 23.4. The van der Waals surface area contributed by atoms with Crippen molar-refractivity contribution in [3.05, 3.63) is 78.3 Å². The van der Waals surface area contributed by atoms with Crippen molar-refractivity contribution in [2.24, 2.45) is 0 Å². The molecule has 0 spiro atoms. The van der Waals surface area contributed by atoms with Crippen molar-refractivity contribution >= 4 is 23.6 Å². The number of hydrogen-bond donors (Lipinski definition) is 2. The van der Waals surface area contributed by atoms with E-state index in [0.29, 0.717) is 24.2 Å². The summed E-state index contributed by atoms with van der Waals surface area (Å²) < 4.78 is 10.3. The van der Waals surface area contributed by atoms with Gasteiger partial charge in [0, 0.05) is 36.7 Å². The van der Waals surface area contributed by atoms with Crippen LogP contribution in [-0.2, 0) is 14.9 Å². The summed E-state index contributed by atoms with van der Waals surface area (Å²) in [5.74, 6) is -0.903. The summed E-state index contributed by atoms with van der Waals surface area (Å²) in [6.45, 7) is 12.2. The molecule has 3 aromatic rings. The highest BCUT2D eigenvalue weighted by atomic mass is 16.6. The third-order valence-electron chi connectivity index (χ3n) is 5.71. The van der Waals surface area contributed by atoms with Crippen LogP contribution in [0.4, 0.5) is 10.5 Å². The third kappa shape index (κ3) is 8.39. The van der Waals surface area contributed by atoms with Crippen LogP contribution < -0.4 is 15.5 Å². The number of nitrogens with one attached hydrogen (secondary N) is 2. The SMILES string of the molecule is CC(C)(C)OC(=O)NCCCNC(=O)C(c1cccnc1)N(C(=O)c1cocn1)c1ccc(C(C)(C)C)cc1. The molecule has 0 saturated carbocycles. The predicted molar refractivity (Wildman–Crippen MR) is 147 cm³/mol. The predicted octanol–water partition coefficient (Wildman–Crippen LogP) is 4.79. The molecule has 0 saturated heterocycles. The normalized spacial score (nSPS) is 12.4. The maximum Gasteiger partial charge on any atom is 0.407 e. The molecule has 2 heterocycles. The van der Waals surface area contributed by atoms with Crippen molar-refractivity contribution in [3.63, 3.8) is 0 Å². The average Bonchev–Trinajstić information content (AvgIpc) is 3.41. The average molecular weight is 536 g/mol. The maximum absolute atomic E-state index is 13.7. The molecule has 208 valence electrons. The summed E-state index contributed by atoms with van der Waals surface area (Å²) in [5.41, 5.74) is 1.51. The first-order valence-electron chi connectivity index (χ1n) is 12.8. The number of carbonyl (C=O) groups is 3. The first-order chi connectivity index (χ1) is 18.4. The molecule has 0 bridgehead atoms. The lowest BCUT2D eigenvalue weighted by Crippen LogP contribution is -2.45. The number of ether oxygens (including phenoxy) is 1. The lowest BCUT2D eigenvalue weighted by atomic mass is 9.87. The number of pyridine rings is 1. The first kappa shape index (κ1) is 29.3.